The van der Waals surface area contributed by atoms with Crippen LogP contribution in [0.3, 0.4) is 0 Å². The second-order valence-corrected chi connectivity index (χ2v) is 5.35. The molecule has 1 fully saturated rings. The molecule has 7 heteroatoms. The summed E-state index contributed by atoms with van der Waals surface area (Å²) in [5, 5.41) is 12.0. The van der Waals surface area contributed by atoms with Crippen molar-refractivity contribution < 1.29 is 28.9 Å². The Hall–Kier alpha value is -2.12. The number of hydrogen-bond acceptors (Lipinski definition) is 6. The van der Waals surface area contributed by atoms with Crippen LogP contribution in [0.4, 0.5) is 4.79 Å². The van der Waals surface area contributed by atoms with Crippen LogP contribution in [0.25, 0.3) is 0 Å². The van der Waals surface area contributed by atoms with E-state index in [4.69, 9.17) is 14.2 Å². The molecule has 0 aliphatic carbocycles. The highest BCUT2D eigenvalue weighted by molar-refractivity contribution is 5.82. The zero-order chi connectivity index (χ0) is 16.7. The van der Waals surface area contributed by atoms with Gasteiger partial charge in [-0.1, -0.05) is 30.3 Å². The number of amides is 1. The summed E-state index contributed by atoms with van der Waals surface area (Å²) in [6.45, 7) is 2.33. The fraction of sp³-hybridized carbons (Fsp3) is 0.500. The van der Waals surface area contributed by atoms with Crippen molar-refractivity contribution in [1.82, 2.24) is 5.32 Å². The van der Waals surface area contributed by atoms with Gasteiger partial charge < -0.3 is 24.6 Å². The van der Waals surface area contributed by atoms with Crippen LogP contribution in [0.15, 0.2) is 30.3 Å². The Bertz CT molecular complexity index is 513. The maximum absolute atomic E-state index is 12.0. The van der Waals surface area contributed by atoms with Gasteiger partial charge in [0.1, 0.15) is 12.7 Å². The van der Waals surface area contributed by atoms with Crippen molar-refractivity contribution >= 4 is 12.1 Å². The molecule has 1 amide bonds. The first kappa shape index (κ1) is 17.2. The van der Waals surface area contributed by atoms with Gasteiger partial charge in [0.25, 0.3) is 0 Å². The van der Waals surface area contributed by atoms with Crippen LogP contribution in [0.1, 0.15) is 18.9 Å². The van der Waals surface area contributed by atoms with Crippen molar-refractivity contribution in [3.05, 3.63) is 35.9 Å². The molecule has 7 nitrogen and oxygen atoms in total. The molecule has 1 aliphatic rings. The molecule has 2 unspecified atom stereocenters. The van der Waals surface area contributed by atoms with Gasteiger partial charge in [-0.05, 0) is 12.5 Å². The molecule has 0 saturated carbocycles. The quantitative estimate of drug-likeness (QED) is 0.758. The van der Waals surface area contributed by atoms with Gasteiger partial charge in [0, 0.05) is 6.42 Å². The Balaban J connectivity index is 1.82. The highest BCUT2D eigenvalue weighted by Gasteiger charge is 2.31. The van der Waals surface area contributed by atoms with Crippen LogP contribution in [-0.2, 0) is 25.6 Å². The smallest absolute Gasteiger partial charge is 0.408 e. The Morgan fingerprint density at radius 3 is 2.74 bits per heavy atom. The summed E-state index contributed by atoms with van der Waals surface area (Å²) in [6, 6.07) is 7.96. The molecule has 3 atom stereocenters. The van der Waals surface area contributed by atoms with E-state index in [0.717, 1.165) is 5.56 Å². The predicted octanol–water partition coefficient (Wildman–Crippen LogP) is 0.994. The van der Waals surface area contributed by atoms with Crippen molar-refractivity contribution in [2.75, 3.05) is 13.2 Å². The lowest BCUT2D eigenvalue weighted by Gasteiger charge is -2.21. The number of esters is 1. The average molecular weight is 323 g/mol. The van der Waals surface area contributed by atoms with Gasteiger partial charge in [0.2, 0.25) is 0 Å². The minimum atomic E-state index is -1.18. The Labute approximate surface area is 134 Å². The van der Waals surface area contributed by atoms with E-state index in [2.05, 4.69) is 5.32 Å². The van der Waals surface area contributed by atoms with Gasteiger partial charge in [-0.15, -0.1) is 0 Å². The van der Waals surface area contributed by atoms with Gasteiger partial charge >= 0.3 is 12.1 Å². The summed E-state index contributed by atoms with van der Waals surface area (Å²) in [5.41, 5.74) is 0.821. The minimum absolute atomic E-state index is 0.0741. The number of aliphatic hydroxyl groups excluding tert-OH is 1. The summed E-state index contributed by atoms with van der Waals surface area (Å²) in [6.07, 6.45) is -1.63. The molecule has 1 saturated heterocycles. The highest BCUT2D eigenvalue weighted by Crippen LogP contribution is 2.10. The zero-order valence-corrected chi connectivity index (χ0v) is 12.9. The van der Waals surface area contributed by atoms with Crippen LogP contribution in [-0.4, -0.2) is 48.6 Å². The molecular weight excluding hydrogens is 302 g/mol. The second-order valence-electron chi connectivity index (χ2n) is 5.35. The summed E-state index contributed by atoms with van der Waals surface area (Å²) in [5.74, 6) is -0.702. The molecule has 2 N–H and O–H groups in total. The third kappa shape index (κ3) is 5.54. The van der Waals surface area contributed by atoms with Gasteiger partial charge in [-0.2, -0.15) is 0 Å². The Kier molecular flexibility index (Phi) is 6.37. The van der Waals surface area contributed by atoms with E-state index < -0.39 is 24.2 Å². The lowest BCUT2D eigenvalue weighted by atomic mass is 10.2. The van der Waals surface area contributed by atoms with E-state index in [-0.39, 0.29) is 12.7 Å². The molecule has 0 bridgehead atoms. The molecule has 23 heavy (non-hydrogen) atoms. The van der Waals surface area contributed by atoms with Crippen molar-refractivity contribution in [2.45, 2.75) is 38.2 Å². The molecule has 1 aromatic rings. The first-order chi connectivity index (χ1) is 11.1. The number of carbonyl (C=O) groups excluding carboxylic acids is 2. The molecule has 0 aromatic heterocycles. The normalized spacial score (nSPS) is 19.7. The molecular formula is C16H21NO6. The number of rotatable bonds is 6. The molecule has 0 radical (unpaired) electrons. The maximum atomic E-state index is 12.0. The standard InChI is InChI=1S/C16H21NO6/c1-11(18)14(15(19)23-13-7-8-21-10-13)17-16(20)22-9-12-5-3-2-4-6-12/h2-6,11,13-14,18H,7-10H2,1H3,(H,17,20)/t11?,13-,14?/m0/s1. The van der Waals surface area contributed by atoms with Crippen molar-refractivity contribution in [3.8, 4) is 0 Å². The molecule has 0 spiro atoms. The van der Waals surface area contributed by atoms with E-state index >= 15 is 0 Å². The van der Waals surface area contributed by atoms with Crippen molar-refractivity contribution in [1.29, 1.82) is 0 Å². The predicted molar refractivity (Wildman–Crippen MR) is 80.5 cm³/mol. The minimum Gasteiger partial charge on any atom is -0.458 e. The van der Waals surface area contributed by atoms with E-state index in [1.165, 1.54) is 6.92 Å². The topological polar surface area (TPSA) is 94.1 Å². The summed E-state index contributed by atoms with van der Waals surface area (Å²) < 4.78 is 15.4. The number of carbonyl (C=O) groups is 2. The lowest BCUT2D eigenvalue weighted by Crippen LogP contribution is -2.49. The lowest BCUT2D eigenvalue weighted by molar-refractivity contribution is -0.154. The average Bonchev–Trinajstić information content (AvgIpc) is 3.04. The number of benzene rings is 1. The molecule has 1 heterocycles. The first-order valence-corrected chi connectivity index (χ1v) is 7.50. The van der Waals surface area contributed by atoms with Gasteiger partial charge in [0.05, 0.1) is 19.3 Å². The van der Waals surface area contributed by atoms with E-state index in [1.54, 1.807) is 0 Å². The summed E-state index contributed by atoms with van der Waals surface area (Å²) in [4.78, 5) is 23.8. The third-order valence-electron chi connectivity index (χ3n) is 3.39. The molecule has 1 aromatic carbocycles. The summed E-state index contributed by atoms with van der Waals surface area (Å²) >= 11 is 0. The van der Waals surface area contributed by atoms with Gasteiger partial charge in [-0.25, -0.2) is 9.59 Å². The van der Waals surface area contributed by atoms with Crippen LogP contribution in [0, 0.1) is 0 Å². The number of alkyl carbamates (subject to hydrolysis) is 1. The van der Waals surface area contributed by atoms with Crippen LogP contribution < -0.4 is 5.32 Å². The van der Waals surface area contributed by atoms with Gasteiger partial charge in [0.15, 0.2) is 6.04 Å². The monoisotopic (exact) mass is 323 g/mol. The van der Waals surface area contributed by atoms with Crippen LogP contribution >= 0.6 is 0 Å². The highest BCUT2D eigenvalue weighted by atomic mass is 16.6. The van der Waals surface area contributed by atoms with Crippen molar-refractivity contribution in [3.63, 3.8) is 0 Å². The van der Waals surface area contributed by atoms with Crippen molar-refractivity contribution in [2.24, 2.45) is 0 Å². The zero-order valence-electron chi connectivity index (χ0n) is 12.9. The number of hydrogen-bond donors (Lipinski definition) is 2. The maximum Gasteiger partial charge on any atom is 0.408 e. The van der Waals surface area contributed by atoms with E-state index in [0.29, 0.717) is 19.6 Å². The van der Waals surface area contributed by atoms with Crippen LogP contribution in [0.5, 0.6) is 0 Å². The number of nitrogens with one attached hydrogen (secondary N) is 1. The van der Waals surface area contributed by atoms with E-state index in [1.807, 2.05) is 30.3 Å². The fourth-order valence-electron chi connectivity index (χ4n) is 2.11. The Morgan fingerprint density at radius 2 is 2.13 bits per heavy atom. The molecule has 2 rings (SSSR count). The Morgan fingerprint density at radius 1 is 1.39 bits per heavy atom. The third-order valence-corrected chi connectivity index (χ3v) is 3.39. The first-order valence-electron chi connectivity index (χ1n) is 7.50. The van der Waals surface area contributed by atoms with Gasteiger partial charge in [-0.3, -0.25) is 0 Å². The molecule has 126 valence electrons. The SMILES string of the molecule is CC(O)C(NC(=O)OCc1ccccc1)C(=O)O[C@H]1CCOC1. The second kappa shape index (κ2) is 8.50. The largest absolute Gasteiger partial charge is 0.458 e. The number of ether oxygens (including phenoxy) is 3. The van der Waals surface area contributed by atoms with E-state index in [9.17, 15) is 14.7 Å². The van der Waals surface area contributed by atoms with Crippen LogP contribution in [0.2, 0.25) is 0 Å². The fourth-order valence-corrected chi connectivity index (χ4v) is 2.11. The number of aliphatic hydroxyl groups is 1. The summed E-state index contributed by atoms with van der Waals surface area (Å²) in [7, 11) is 0. The molecule has 1 aliphatic heterocycles.